The lowest BCUT2D eigenvalue weighted by molar-refractivity contribution is -0.121. The number of hydrogen-bond donors (Lipinski definition) is 2. The van der Waals surface area contributed by atoms with Crippen LogP contribution in [0.3, 0.4) is 0 Å². The van der Waals surface area contributed by atoms with Gasteiger partial charge < -0.3 is 5.32 Å². The predicted octanol–water partition coefficient (Wildman–Crippen LogP) is 2.27. The molecular weight excluding hydrogens is 246 g/mol. The number of nitrogens with zero attached hydrogens (tertiary/aromatic N) is 1. The van der Waals surface area contributed by atoms with Gasteiger partial charge in [-0.1, -0.05) is 6.92 Å². The lowest BCUT2D eigenvalue weighted by atomic mass is 10.1. The summed E-state index contributed by atoms with van der Waals surface area (Å²) in [6.07, 6.45) is 2.92. The quantitative estimate of drug-likeness (QED) is 0.862. The van der Waals surface area contributed by atoms with Gasteiger partial charge >= 0.3 is 0 Å². The van der Waals surface area contributed by atoms with E-state index in [1.165, 1.54) is 4.88 Å². The van der Waals surface area contributed by atoms with E-state index in [-0.39, 0.29) is 17.5 Å². The molecule has 0 bridgehead atoms. The Balaban J connectivity index is 2.41. The highest BCUT2D eigenvalue weighted by Gasteiger charge is 2.15. The summed E-state index contributed by atoms with van der Waals surface area (Å²) in [5.41, 5.74) is -0.182. The number of carbonyl (C=O) groups is 1. The number of thiazole rings is 1. The van der Waals surface area contributed by atoms with Crippen LogP contribution in [0.25, 0.3) is 0 Å². The van der Waals surface area contributed by atoms with Gasteiger partial charge in [-0.15, -0.1) is 11.3 Å². The van der Waals surface area contributed by atoms with Gasteiger partial charge in [0.15, 0.2) is 0 Å². The fraction of sp³-hybridized carbons (Fsp3) is 0.692. The summed E-state index contributed by atoms with van der Waals surface area (Å²) in [7, 11) is 0. The molecule has 1 aromatic rings. The van der Waals surface area contributed by atoms with Gasteiger partial charge in [0.1, 0.15) is 5.01 Å². The third-order valence-electron chi connectivity index (χ3n) is 2.37. The minimum absolute atomic E-state index is 0.0154. The first kappa shape index (κ1) is 15.1. The Morgan fingerprint density at radius 2 is 2.17 bits per heavy atom. The van der Waals surface area contributed by atoms with E-state index in [4.69, 9.17) is 0 Å². The summed E-state index contributed by atoms with van der Waals surface area (Å²) in [5, 5.41) is 7.16. The van der Waals surface area contributed by atoms with Crippen molar-refractivity contribution >= 4 is 17.2 Å². The van der Waals surface area contributed by atoms with Crippen LogP contribution in [0.15, 0.2) is 6.20 Å². The molecule has 1 aromatic heterocycles. The molecule has 102 valence electrons. The lowest BCUT2D eigenvalue weighted by Crippen LogP contribution is -2.45. The Morgan fingerprint density at radius 3 is 2.67 bits per heavy atom. The highest BCUT2D eigenvalue weighted by atomic mass is 32.1. The van der Waals surface area contributed by atoms with Crippen LogP contribution >= 0.6 is 11.3 Å². The Labute approximate surface area is 113 Å². The Hall–Kier alpha value is -0.940. The van der Waals surface area contributed by atoms with Crippen LogP contribution in [0.4, 0.5) is 0 Å². The molecule has 0 saturated heterocycles. The smallest absolute Gasteiger partial charge is 0.234 e. The maximum Gasteiger partial charge on any atom is 0.234 e. The number of hydrogen-bond acceptors (Lipinski definition) is 4. The lowest BCUT2D eigenvalue weighted by Gasteiger charge is -2.21. The van der Waals surface area contributed by atoms with Crippen molar-refractivity contribution in [1.82, 2.24) is 15.6 Å². The summed E-state index contributed by atoms with van der Waals surface area (Å²) in [6.45, 7) is 10.4. The average molecular weight is 269 g/mol. The van der Waals surface area contributed by atoms with E-state index in [1.807, 2.05) is 33.9 Å². The second kappa shape index (κ2) is 6.29. The van der Waals surface area contributed by atoms with E-state index < -0.39 is 0 Å². The largest absolute Gasteiger partial charge is 0.350 e. The zero-order chi connectivity index (χ0) is 13.8. The maximum atomic E-state index is 11.7. The van der Waals surface area contributed by atoms with Gasteiger partial charge in [0.05, 0.1) is 12.6 Å². The minimum Gasteiger partial charge on any atom is -0.350 e. The number of aromatic nitrogens is 1. The van der Waals surface area contributed by atoms with Crippen LogP contribution < -0.4 is 10.6 Å². The molecule has 0 aliphatic carbocycles. The van der Waals surface area contributed by atoms with E-state index in [9.17, 15) is 4.79 Å². The molecule has 1 unspecified atom stereocenters. The number of amides is 1. The number of carbonyl (C=O) groups excluding carboxylic acids is 1. The van der Waals surface area contributed by atoms with Crippen LogP contribution in [-0.2, 0) is 11.2 Å². The molecule has 1 heterocycles. The SMILES string of the molecule is CCc1cnc(C(C)NCC(=O)NC(C)(C)C)s1. The maximum absolute atomic E-state index is 11.7. The molecule has 0 spiro atoms. The fourth-order valence-electron chi connectivity index (χ4n) is 1.48. The van der Waals surface area contributed by atoms with Crippen LogP contribution in [0.2, 0.25) is 0 Å². The van der Waals surface area contributed by atoms with Crippen molar-refractivity contribution in [1.29, 1.82) is 0 Å². The second-order valence-corrected chi connectivity index (χ2v) is 6.57. The highest BCUT2D eigenvalue weighted by Crippen LogP contribution is 2.19. The van der Waals surface area contributed by atoms with Gasteiger partial charge in [0.25, 0.3) is 0 Å². The Kier molecular flexibility index (Phi) is 5.28. The normalized spacial score (nSPS) is 13.4. The first-order chi connectivity index (χ1) is 8.31. The fourth-order valence-corrected chi connectivity index (χ4v) is 2.37. The Bertz CT molecular complexity index is 395. The van der Waals surface area contributed by atoms with E-state index in [0.717, 1.165) is 11.4 Å². The monoisotopic (exact) mass is 269 g/mol. The van der Waals surface area contributed by atoms with Crippen molar-refractivity contribution < 1.29 is 4.79 Å². The zero-order valence-electron chi connectivity index (χ0n) is 11.8. The van der Waals surface area contributed by atoms with Crippen molar-refractivity contribution in [2.45, 2.75) is 52.6 Å². The predicted molar refractivity (Wildman–Crippen MR) is 75.8 cm³/mol. The van der Waals surface area contributed by atoms with Gasteiger partial charge in [0, 0.05) is 16.6 Å². The second-order valence-electron chi connectivity index (χ2n) is 5.42. The average Bonchev–Trinajstić information content (AvgIpc) is 2.72. The molecule has 1 rings (SSSR count). The molecule has 5 heteroatoms. The molecule has 4 nitrogen and oxygen atoms in total. The van der Waals surface area contributed by atoms with E-state index >= 15 is 0 Å². The summed E-state index contributed by atoms with van der Waals surface area (Å²) < 4.78 is 0. The van der Waals surface area contributed by atoms with Crippen LogP contribution in [-0.4, -0.2) is 23.0 Å². The first-order valence-corrected chi connectivity index (χ1v) is 7.12. The summed E-state index contributed by atoms with van der Waals surface area (Å²) in [6, 6.07) is 0.112. The van der Waals surface area contributed by atoms with Gasteiger partial charge in [-0.25, -0.2) is 4.98 Å². The topological polar surface area (TPSA) is 54.0 Å². The molecule has 0 aromatic carbocycles. The molecular formula is C13H23N3OS. The van der Waals surface area contributed by atoms with E-state index in [1.54, 1.807) is 11.3 Å². The number of nitrogens with one attached hydrogen (secondary N) is 2. The van der Waals surface area contributed by atoms with Crippen LogP contribution in [0.5, 0.6) is 0 Å². The first-order valence-electron chi connectivity index (χ1n) is 6.31. The van der Waals surface area contributed by atoms with Gasteiger partial charge in [-0.05, 0) is 34.1 Å². The molecule has 0 saturated carbocycles. The summed E-state index contributed by atoms with van der Waals surface area (Å²) in [4.78, 5) is 17.3. The van der Waals surface area contributed by atoms with Gasteiger partial charge in [0.2, 0.25) is 5.91 Å². The van der Waals surface area contributed by atoms with Crippen LogP contribution in [0, 0.1) is 0 Å². The zero-order valence-corrected chi connectivity index (χ0v) is 12.6. The van der Waals surface area contributed by atoms with Gasteiger partial charge in [-0.2, -0.15) is 0 Å². The molecule has 1 amide bonds. The van der Waals surface area contributed by atoms with Gasteiger partial charge in [-0.3, -0.25) is 10.1 Å². The van der Waals surface area contributed by atoms with E-state index in [0.29, 0.717) is 6.54 Å². The van der Waals surface area contributed by atoms with Crippen molar-refractivity contribution in [2.24, 2.45) is 0 Å². The number of aryl methyl sites for hydroxylation is 1. The third kappa shape index (κ3) is 5.14. The molecule has 1 atom stereocenters. The molecule has 0 aliphatic rings. The highest BCUT2D eigenvalue weighted by molar-refractivity contribution is 7.11. The molecule has 2 N–H and O–H groups in total. The molecule has 0 aliphatic heterocycles. The molecule has 0 fully saturated rings. The standard InChI is InChI=1S/C13H23N3OS/c1-6-10-7-15-12(18-10)9(2)14-8-11(17)16-13(3,4)5/h7,9,14H,6,8H2,1-5H3,(H,16,17). The van der Waals surface area contributed by atoms with Crippen molar-refractivity contribution in [3.63, 3.8) is 0 Å². The van der Waals surface area contributed by atoms with Crippen LogP contribution in [0.1, 0.15) is 50.5 Å². The molecule has 0 radical (unpaired) electrons. The number of rotatable bonds is 5. The third-order valence-corrected chi connectivity index (χ3v) is 3.70. The minimum atomic E-state index is -0.182. The van der Waals surface area contributed by atoms with Crippen molar-refractivity contribution in [3.8, 4) is 0 Å². The van der Waals surface area contributed by atoms with Crippen molar-refractivity contribution in [2.75, 3.05) is 6.54 Å². The summed E-state index contributed by atoms with van der Waals surface area (Å²) in [5.74, 6) is 0.0154. The van der Waals surface area contributed by atoms with E-state index in [2.05, 4.69) is 22.5 Å². The molecule has 18 heavy (non-hydrogen) atoms. The summed E-state index contributed by atoms with van der Waals surface area (Å²) >= 11 is 1.70. The Morgan fingerprint density at radius 1 is 1.50 bits per heavy atom. The van der Waals surface area contributed by atoms with Crippen molar-refractivity contribution in [3.05, 3.63) is 16.1 Å².